The van der Waals surface area contributed by atoms with Gasteiger partial charge in [0.25, 0.3) is 5.91 Å². The molecule has 0 spiro atoms. The van der Waals surface area contributed by atoms with Crippen molar-refractivity contribution in [2.45, 2.75) is 17.4 Å². The van der Waals surface area contributed by atoms with Gasteiger partial charge >= 0.3 is 0 Å². The van der Waals surface area contributed by atoms with Crippen LogP contribution in [-0.2, 0) is 24.6 Å². The van der Waals surface area contributed by atoms with Crippen LogP contribution in [-0.4, -0.2) is 114 Å². The van der Waals surface area contributed by atoms with Crippen molar-refractivity contribution in [3.05, 3.63) is 23.8 Å². The Morgan fingerprint density at radius 3 is 2.38 bits per heavy atom. The number of nitrogens with zero attached hydrogens (tertiary/aromatic N) is 3. The number of morpholine rings is 1. The van der Waals surface area contributed by atoms with Crippen LogP contribution in [0, 0.1) is 0 Å². The molecule has 1 aromatic rings. The van der Waals surface area contributed by atoms with Gasteiger partial charge in [0.05, 0.1) is 42.3 Å². The van der Waals surface area contributed by atoms with E-state index in [0.717, 1.165) is 0 Å². The minimum atomic E-state index is -3.74. The van der Waals surface area contributed by atoms with Gasteiger partial charge in [0, 0.05) is 45.3 Å². The van der Waals surface area contributed by atoms with Crippen LogP contribution in [0.15, 0.2) is 23.1 Å². The molecule has 1 atom stereocenters. The average Bonchev–Trinajstić information content (AvgIpc) is 3.18. The number of rotatable bonds is 5. The van der Waals surface area contributed by atoms with Crippen LogP contribution in [0.25, 0.3) is 0 Å². The highest BCUT2D eigenvalue weighted by Crippen LogP contribution is 2.27. The Bertz CT molecular complexity index is 1060. The third kappa shape index (κ3) is 4.79. The molecule has 10 nitrogen and oxygen atoms in total. The maximum absolute atomic E-state index is 13.3. The van der Waals surface area contributed by atoms with Crippen molar-refractivity contribution in [2.75, 3.05) is 71.1 Å². The van der Waals surface area contributed by atoms with Crippen molar-refractivity contribution in [3.63, 3.8) is 0 Å². The number of ether oxygens (including phenoxy) is 2. The van der Waals surface area contributed by atoms with Crippen LogP contribution in [0.2, 0.25) is 0 Å². The first-order valence-electron chi connectivity index (χ1n) is 10.7. The minimum absolute atomic E-state index is 0.00813. The molecule has 1 aromatic carbocycles. The van der Waals surface area contributed by atoms with E-state index in [2.05, 4.69) is 4.90 Å². The SMILES string of the molecule is COc1ccc(S(=O)(=O)N2CCOCC2)cc1C(=O)N1CCN([C@H]2CCS(=O)(=O)C2)CC1. The van der Waals surface area contributed by atoms with Crippen molar-refractivity contribution < 1.29 is 31.1 Å². The highest BCUT2D eigenvalue weighted by atomic mass is 32.2. The van der Waals surface area contributed by atoms with E-state index in [1.807, 2.05) is 0 Å². The van der Waals surface area contributed by atoms with E-state index in [1.54, 1.807) is 4.90 Å². The zero-order valence-electron chi connectivity index (χ0n) is 18.1. The van der Waals surface area contributed by atoms with Crippen LogP contribution >= 0.6 is 0 Å². The Kier molecular flexibility index (Phi) is 6.78. The lowest BCUT2D eigenvalue weighted by atomic mass is 10.1. The molecule has 0 unspecified atom stereocenters. The van der Waals surface area contributed by atoms with Crippen LogP contribution < -0.4 is 4.74 Å². The molecular formula is C20H29N3O7S2. The van der Waals surface area contributed by atoms with E-state index < -0.39 is 19.9 Å². The second-order valence-corrected chi connectivity index (χ2v) is 12.4. The number of carbonyl (C=O) groups excluding carboxylic acids is 1. The van der Waals surface area contributed by atoms with E-state index in [0.29, 0.717) is 51.6 Å². The third-order valence-corrected chi connectivity index (χ3v) is 9.98. The van der Waals surface area contributed by atoms with Gasteiger partial charge in [-0.05, 0) is 24.6 Å². The summed E-state index contributed by atoms with van der Waals surface area (Å²) in [5.41, 5.74) is 0.207. The Hall–Kier alpha value is -1.73. The molecule has 4 rings (SSSR count). The fourth-order valence-corrected chi connectivity index (χ4v) is 7.67. The molecule has 3 aliphatic heterocycles. The summed E-state index contributed by atoms with van der Waals surface area (Å²) >= 11 is 0. The molecule has 1 amide bonds. The molecule has 178 valence electrons. The zero-order chi connectivity index (χ0) is 22.9. The first-order chi connectivity index (χ1) is 15.2. The van der Waals surface area contributed by atoms with Gasteiger partial charge in [-0.25, -0.2) is 16.8 Å². The van der Waals surface area contributed by atoms with Crippen LogP contribution in [0.5, 0.6) is 5.75 Å². The van der Waals surface area contributed by atoms with Crippen LogP contribution in [0.4, 0.5) is 0 Å². The number of carbonyl (C=O) groups is 1. The average molecular weight is 488 g/mol. The van der Waals surface area contributed by atoms with Crippen LogP contribution in [0.3, 0.4) is 0 Å². The van der Waals surface area contributed by atoms with Gasteiger partial charge in [-0.1, -0.05) is 0 Å². The molecule has 3 fully saturated rings. The molecule has 3 aliphatic rings. The van der Waals surface area contributed by atoms with Crippen molar-refractivity contribution in [3.8, 4) is 5.75 Å². The van der Waals surface area contributed by atoms with E-state index >= 15 is 0 Å². The third-order valence-electron chi connectivity index (χ3n) is 6.34. The Labute approximate surface area is 189 Å². The van der Waals surface area contributed by atoms with E-state index in [4.69, 9.17) is 9.47 Å². The van der Waals surface area contributed by atoms with E-state index in [-0.39, 0.29) is 47.0 Å². The molecule has 0 radical (unpaired) electrons. The van der Waals surface area contributed by atoms with Gasteiger partial charge in [-0.15, -0.1) is 0 Å². The molecule has 0 N–H and O–H groups in total. The van der Waals surface area contributed by atoms with Gasteiger partial charge in [0.15, 0.2) is 9.84 Å². The van der Waals surface area contributed by atoms with Crippen molar-refractivity contribution in [2.24, 2.45) is 0 Å². The number of benzene rings is 1. The second kappa shape index (κ2) is 9.26. The summed E-state index contributed by atoms with van der Waals surface area (Å²) in [6.07, 6.45) is 0.631. The van der Waals surface area contributed by atoms with Gasteiger partial charge in [0.2, 0.25) is 10.0 Å². The number of methoxy groups -OCH3 is 1. The molecule has 3 saturated heterocycles. The van der Waals surface area contributed by atoms with E-state index in [1.165, 1.54) is 29.6 Å². The molecule has 0 aliphatic carbocycles. The van der Waals surface area contributed by atoms with Crippen molar-refractivity contribution in [1.29, 1.82) is 0 Å². The highest BCUT2D eigenvalue weighted by molar-refractivity contribution is 7.91. The molecule has 0 saturated carbocycles. The van der Waals surface area contributed by atoms with Gasteiger partial charge in [-0.2, -0.15) is 4.31 Å². The Morgan fingerprint density at radius 1 is 1.09 bits per heavy atom. The summed E-state index contributed by atoms with van der Waals surface area (Å²) in [4.78, 5) is 17.1. The molecule has 0 bridgehead atoms. The maximum atomic E-state index is 13.3. The molecular weight excluding hydrogens is 458 g/mol. The van der Waals surface area contributed by atoms with Crippen molar-refractivity contribution >= 4 is 25.8 Å². The fourth-order valence-electron chi connectivity index (χ4n) is 4.47. The number of piperazine rings is 1. The Balaban J connectivity index is 1.49. The first kappa shape index (κ1) is 23.4. The summed E-state index contributed by atoms with van der Waals surface area (Å²) in [7, 11) is -5.26. The number of hydrogen-bond acceptors (Lipinski definition) is 8. The largest absolute Gasteiger partial charge is 0.496 e. The Morgan fingerprint density at radius 2 is 1.78 bits per heavy atom. The quantitative estimate of drug-likeness (QED) is 0.554. The molecule has 0 aromatic heterocycles. The van der Waals surface area contributed by atoms with Crippen molar-refractivity contribution in [1.82, 2.24) is 14.1 Å². The lowest BCUT2D eigenvalue weighted by Crippen LogP contribution is -2.52. The maximum Gasteiger partial charge on any atom is 0.257 e. The number of amides is 1. The second-order valence-electron chi connectivity index (χ2n) is 8.26. The predicted octanol–water partition coefficient (Wildman–Crippen LogP) is -0.339. The number of sulfonamides is 1. The van der Waals surface area contributed by atoms with E-state index in [9.17, 15) is 21.6 Å². The monoisotopic (exact) mass is 487 g/mol. The first-order valence-corrected chi connectivity index (χ1v) is 14.0. The molecule has 12 heteroatoms. The number of hydrogen-bond donors (Lipinski definition) is 0. The summed E-state index contributed by atoms with van der Waals surface area (Å²) in [6, 6.07) is 4.37. The minimum Gasteiger partial charge on any atom is -0.496 e. The normalized spacial score (nSPS) is 25.0. The smallest absolute Gasteiger partial charge is 0.257 e. The summed E-state index contributed by atoms with van der Waals surface area (Å²) < 4.78 is 61.6. The standard InChI is InChI=1S/C20H29N3O7S2/c1-29-19-3-2-17(32(27,28)23-9-11-30-12-10-23)14-18(19)20(24)22-7-5-21(6-8-22)16-4-13-31(25,26)15-16/h2-3,14,16H,4-13,15H2,1H3/t16-/m0/s1. The predicted molar refractivity (Wildman–Crippen MR) is 117 cm³/mol. The summed E-state index contributed by atoms with van der Waals surface area (Å²) in [6.45, 7) is 3.28. The van der Waals surface area contributed by atoms with Gasteiger partial charge < -0.3 is 14.4 Å². The lowest BCUT2D eigenvalue weighted by molar-refractivity contribution is 0.0584. The van der Waals surface area contributed by atoms with Gasteiger partial charge in [0.1, 0.15) is 5.75 Å². The summed E-state index contributed by atoms with van der Waals surface area (Å²) in [5.74, 6) is 0.425. The van der Waals surface area contributed by atoms with Crippen LogP contribution in [0.1, 0.15) is 16.8 Å². The highest BCUT2D eigenvalue weighted by Gasteiger charge is 2.35. The summed E-state index contributed by atoms with van der Waals surface area (Å²) in [5, 5.41) is 0. The lowest BCUT2D eigenvalue weighted by Gasteiger charge is -2.37. The molecule has 32 heavy (non-hydrogen) atoms. The zero-order valence-corrected chi connectivity index (χ0v) is 19.7. The topological polar surface area (TPSA) is 114 Å². The fraction of sp³-hybridized carbons (Fsp3) is 0.650. The molecule has 3 heterocycles. The van der Waals surface area contributed by atoms with Gasteiger partial charge in [-0.3, -0.25) is 9.69 Å². The number of sulfone groups is 1.